The Balaban J connectivity index is 0.000000217. The number of hydrogen-bond acceptors (Lipinski definition) is 5. The first-order chi connectivity index (χ1) is 34.0. The predicted molar refractivity (Wildman–Crippen MR) is 295 cm³/mol. The van der Waals surface area contributed by atoms with Crippen molar-refractivity contribution >= 4 is 27.9 Å². The standard InChI is InChI=1S/C35H56O3.C24H38O3.C5H7Br/c1-5-6-7-8-9-10-11-12-13-24-38-33(37)19-14-26(2)30-17-18-31-29-16-15-27-25-28(36)20-22-34(27,3)32(29)21-23-35(30,31)4;1-15(4-9-22(26)27)19-7-8-20-18-6-5-16-14-17(25)10-12-23(16,2)21(18)11-13-24(19,20)3;1-2-3-4-5-6/h1,15,26,28-32,36H,6-14,16-25H2,2-4H3;5,15,17-21,25H,4,6-14H2,1-3H3,(H,26,27);1H,3-5H2. The summed E-state index contributed by atoms with van der Waals surface area (Å²) in [6.07, 6.45) is 48.1. The number of aliphatic carboxylic acids is 1. The first kappa shape index (κ1) is 58.2. The second-order valence-corrected chi connectivity index (χ2v) is 26.6. The maximum atomic E-state index is 12.5. The van der Waals surface area contributed by atoms with Gasteiger partial charge in [0.15, 0.2) is 0 Å². The molecule has 6 saturated carbocycles. The Bertz CT molecular complexity index is 1870. The van der Waals surface area contributed by atoms with Crippen LogP contribution in [0.25, 0.3) is 0 Å². The van der Waals surface area contributed by atoms with Crippen molar-refractivity contribution in [1.82, 2.24) is 0 Å². The number of esters is 1. The summed E-state index contributed by atoms with van der Waals surface area (Å²) in [6.45, 7) is 15.4. The highest BCUT2D eigenvalue weighted by Crippen LogP contribution is 2.69. The predicted octanol–water partition coefficient (Wildman–Crippen LogP) is 15.9. The molecule has 0 spiro atoms. The maximum absolute atomic E-state index is 12.5. The van der Waals surface area contributed by atoms with Gasteiger partial charge < -0.3 is 20.1 Å². The lowest BCUT2D eigenvalue weighted by Crippen LogP contribution is -2.50. The van der Waals surface area contributed by atoms with Crippen LogP contribution in [0.2, 0.25) is 0 Å². The first-order valence-electron chi connectivity index (χ1n) is 29.5. The Morgan fingerprint density at radius 3 is 1.54 bits per heavy atom. The summed E-state index contributed by atoms with van der Waals surface area (Å²) in [7, 11) is 0. The van der Waals surface area contributed by atoms with Crippen molar-refractivity contribution in [3.05, 3.63) is 23.3 Å². The van der Waals surface area contributed by atoms with E-state index in [1.807, 2.05) is 0 Å². The number of carboxylic acid groups (broad SMARTS) is 1. The molecule has 71 heavy (non-hydrogen) atoms. The van der Waals surface area contributed by atoms with Crippen LogP contribution in [-0.2, 0) is 14.3 Å². The minimum absolute atomic E-state index is 0.00639. The van der Waals surface area contributed by atoms with Crippen LogP contribution in [0.3, 0.4) is 0 Å². The fourth-order valence-corrected chi connectivity index (χ4v) is 18.3. The van der Waals surface area contributed by atoms with Gasteiger partial charge in [-0.25, -0.2) is 0 Å². The number of aliphatic hydroxyl groups is 2. The third kappa shape index (κ3) is 13.7. The maximum Gasteiger partial charge on any atom is 0.305 e. The summed E-state index contributed by atoms with van der Waals surface area (Å²) in [5, 5.41) is 30.5. The van der Waals surface area contributed by atoms with Crippen LogP contribution >= 0.6 is 15.9 Å². The number of ether oxygens (including phenoxy) is 1. The topological polar surface area (TPSA) is 104 Å². The highest BCUT2D eigenvalue weighted by Gasteiger charge is 2.61. The van der Waals surface area contributed by atoms with E-state index in [1.165, 1.54) is 96.3 Å². The molecule has 7 heteroatoms. The highest BCUT2D eigenvalue weighted by molar-refractivity contribution is 9.09. The summed E-state index contributed by atoms with van der Waals surface area (Å²) in [4.78, 5) is 23.5. The number of carbonyl (C=O) groups is 2. The third-order valence-corrected chi connectivity index (χ3v) is 22.5. The molecule has 8 aliphatic carbocycles. The van der Waals surface area contributed by atoms with Crippen molar-refractivity contribution < 1.29 is 29.6 Å². The lowest BCUT2D eigenvalue weighted by molar-refractivity contribution is -0.144. The van der Waals surface area contributed by atoms with E-state index < -0.39 is 5.97 Å². The van der Waals surface area contributed by atoms with Gasteiger partial charge in [0, 0.05) is 31.0 Å². The van der Waals surface area contributed by atoms with Crippen LogP contribution < -0.4 is 0 Å². The molecule has 400 valence electrons. The highest BCUT2D eigenvalue weighted by atomic mass is 79.9. The zero-order valence-corrected chi connectivity index (χ0v) is 47.4. The normalized spacial score (nSPS) is 38.4. The molecular formula is C64H101BrO6. The quantitative estimate of drug-likeness (QED) is 0.0391. The number of fused-ring (bicyclic) bond motifs is 10. The smallest absolute Gasteiger partial charge is 0.305 e. The van der Waals surface area contributed by atoms with E-state index in [-0.39, 0.29) is 18.2 Å². The number of hydrogen-bond donors (Lipinski definition) is 3. The van der Waals surface area contributed by atoms with Crippen molar-refractivity contribution in [2.75, 3.05) is 11.9 Å². The number of alkyl halides is 1. The Hall–Kier alpha value is -2.06. The number of rotatable bonds is 19. The van der Waals surface area contributed by atoms with Crippen LogP contribution in [0.1, 0.15) is 234 Å². The number of carbonyl (C=O) groups excluding carboxylic acids is 1. The van der Waals surface area contributed by atoms with Crippen LogP contribution in [0, 0.1) is 106 Å². The van der Waals surface area contributed by atoms with Crippen LogP contribution in [-0.4, -0.2) is 51.4 Å². The number of unbranched alkanes of at least 4 members (excludes halogenated alkanes) is 8. The van der Waals surface area contributed by atoms with E-state index in [0.29, 0.717) is 58.9 Å². The van der Waals surface area contributed by atoms with E-state index in [1.54, 1.807) is 11.1 Å². The average molecular weight is 1050 g/mol. The lowest BCUT2D eigenvalue weighted by atomic mass is 9.47. The summed E-state index contributed by atoms with van der Waals surface area (Å²) in [6, 6.07) is 0. The molecule has 3 N–H and O–H groups in total. The number of allylic oxidation sites excluding steroid dienone is 2. The van der Waals surface area contributed by atoms with Crippen LogP contribution in [0.15, 0.2) is 23.3 Å². The fraction of sp³-hybridized carbons (Fsp3) is 0.844. The summed E-state index contributed by atoms with van der Waals surface area (Å²) in [5.41, 5.74) is 4.57. The van der Waals surface area contributed by atoms with E-state index in [9.17, 15) is 19.8 Å². The molecule has 8 aliphatic rings. The molecular weight excluding hydrogens is 945 g/mol. The van der Waals surface area contributed by atoms with Gasteiger partial charge in [0.2, 0.25) is 0 Å². The molecule has 16 unspecified atom stereocenters. The monoisotopic (exact) mass is 1040 g/mol. The molecule has 0 radical (unpaired) electrons. The number of aliphatic hydroxyl groups excluding tert-OH is 2. The fourth-order valence-electron chi connectivity index (χ4n) is 18.0. The number of halogens is 1. The molecule has 0 bridgehead atoms. The minimum atomic E-state index is -0.650. The van der Waals surface area contributed by atoms with Crippen molar-refractivity contribution in [3.8, 4) is 24.7 Å². The van der Waals surface area contributed by atoms with Gasteiger partial charge in [0.25, 0.3) is 0 Å². The van der Waals surface area contributed by atoms with Crippen molar-refractivity contribution in [1.29, 1.82) is 0 Å². The minimum Gasteiger partial charge on any atom is -0.481 e. The van der Waals surface area contributed by atoms with Gasteiger partial charge in [-0.1, -0.05) is 113 Å². The van der Waals surface area contributed by atoms with Gasteiger partial charge in [0.05, 0.1) is 18.8 Å². The molecule has 0 aromatic carbocycles. The Labute approximate surface area is 442 Å². The lowest BCUT2D eigenvalue weighted by Gasteiger charge is -2.58. The van der Waals surface area contributed by atoms with Gasteiger partial charge in [-0.2, -0.15) is 0 Å². The molecule has 0 aromatic rings. The Kier molecular flexibility index (Phi) is 21.8. The molecule has 6 nitrogen and oxygen atoms in total. The van der Waals surface area contributed by atoms with E-state index in [2.05, 4.69) is 81.5 Å². The Morgan fingerprint density at radius 1 is 0.634 bits per heavy atom. The summed E-state index contributed by atoms with van der Waals surface area (Å²) in [5.74, 6) is 11.9. The van der Waals surface area contributed by atoms with E-state index in [0.717, 1.165) is 130 Å². The molecule has 0 saturated heterocycles. The molecule has 0 aliphatic heterocycles. The molecule has 0 heterocycles. The van der Waals surface area contributed by atoms with E-state index >= 15 is 0 Å². The van der Waals surface area contributed by atoms with Crippen molar-refractivity contribution in [2.45, 2.75) is 246 Å². The number of carboxylic acids is 1. The van der Waals surface area contributed by atoms with Crippen molar-refractivity contribution in [3.63, 3.8) is 0 Å². The van der Waals surface area contributed by atoms with Crippen LogP contribution in [0.4, 0.5) is 0 Å². The molecule has 6 fully saturated rings. The zero-order chi connectivity index (χ0) is 51.4. The number of terminal acetylenes is 2. The molecule has 8 rings (SSSR count). The van der Waals surface area contributed by atoms with Gasteiger partial charge >= 0.3 is 11.9 Å². The van der Waals surface area contributed by atoms with E-state index in [4.69, 9.17) is 22.7 Å². The largest absolute Gasteiger partial charge is 0.481 e. The zero-order valence-electron chi connectivity index (χ0n) is 45.8. The van der Waals surface area contributed by atoms with Crippen LogP contribution in [0.5, 0.6) is 0 Å². The average Bonchev–Trinajstić information content (AvgIpc) is 3.90. The van der Waals surface area contributed by atoms with Gasteiger partial charge in [-0.15, -0.1) is 24.7 Å². The second-order valence-electron chi connectivity index (χ2n) is 25.8. The molecule has 0 amide bonds. The van der Waals surface area contributed by atoms with Crippen molar-refractivity contribution in [2.24, 2.45) is 80.8 Å². The van der Waals surface area contributed by atoms with Gasteiger partial charge in [-0.3, -0.25) is 9.59 Å². The first-order valence-corrected chi connectivity index (χ1v) is 30.6. The SMILES string of the molecule is C#CCCCBr.C#CCCCCCCCCCOC(=O)CCC(C)C1CCC2C3CC=C4CC(O)CCC4(C)C3CCC12C.CC(CCC(=O)O)C1CCC2C3CC=C4CC(O)CCC4(C)C3CCC12C. The Morgan fingerprint density at radius 2 is 1.08 bits per heavy atom. The second kappa shape index (κ2) is 26.6. The molecule has 0 aromatic heterocycles. The van der Waals surface area contributed by atoms with Gasteiger partial charge in [-0.05, 0) is 216 Å². The van der Waals surface area contributed by atoms with Gasteiger partial charge in [0.1, 0.15) is 0 Å². The molecule has 16 atom stereocenters. The summed E-state index contributed by atoms with van der Waals surface area (Å²) >= 11 is 3.25. The summed E-state index contributed by atoms with van der Waals surface area (Å²) < 4.78 is 5.60. The third-order valence-electron chi connectivity index (χ3n) is 22.0.